The molecule has 2 rings (SSSR count). The van der Waals surface area contributed by atoms with Crippen LogP contribution in [0.2, 0.25) is 0 Å². The largest absolute Gasteiger partial charge is 0.481 e. The van der Waals surface area contributed by atoms with Crippen molar-refractivity contribution in [1.29, 1.82) is 0 Å². The minimum atomic E-state index is -1.16. The molecule has 8 nitrogen and oxygen atoms in total. The molecule has 0 fully saturated rings. The van der Waals surface area contributed by atoms with Crippen LogP contribution in [-0.2, 0) is 16.1 Å². The molecule has 1 aromatic heterocycles. The van der Waals surface area contributed by atoms with Gasteiger partial charge in [-0.1, -0.05) is 0 Å². The van der Waals surface area contributed by atoms with Crippen LogP contribution < -0.4 is 22.4 Å². The molecule has 0 spiro atoms. The van der Waals surface area contributed by atoms with Crippen molar-refractivity contribution in [3.63, 3.8) is 0 Å². The first kappa shape index (κ1) is 15.5. The number of carbonyl (C=O) groups is 2. The Morgan fingerprint density at radius 3 is 2.73 bits per heavy atom. The van der Waals surface area contributed by atoms with Crippen molar-refractivity contribution < 1.29 is 19.1 Å². The second-order valence-electron chi connectivity index (χ2n) is 4.77. The van der Waals surface area contributed by atoms with E-state index in [9.17, 15) is 14.4 Å². The van der Waals surface area contributed by atoms with Crippen molar-refractivity contribution in [3.05, 3.63) is 40.2 Å². The molecule has 1 amide bonds. The molecule has 0 aliphatic heterocycles. The first-order chi connectivity index (χ1) is 10.4. The van der Waals surface area contributed by atoms with Crippen molar-refractivity contribution >= 4 is 28.5 Å². The van der Waals surface area contributed by atoms with Crippen molar-refractivity contribution in [1.82, 2.24) is 5.32 Å². The predicted octanol–water partition coefficient (Wildman–Crippen LogP) is -0.207. The Morgan fingerprint density at radius 2 is 2.05 bits per heavy atom. The molecule has 22 heavy (non-hydrogen) atoms. The van der Waals surface area contributed by atoms with Crippen molar-refractivity contribution in [2.45, 2.75) is 19.0 Å². The molecule has 1 atom stereocenters. The van der Waals surface area contributed by atoms with E-state index in [0.717, 1.165) is 0 Å². The number of rotatable bonds is 5. The highest BCUT2D eigenvalue weighted by Gasteiger charge is 2.17. The number of aliphatic carboxylic acids is 1. The van der Waals surface area contributed by atoms with Crippen molar-refractivity contribution in [2.75, 3.05) is 5.73 Å². The molecule has 6 N–H and O–H groups in total. The van der Waals surface area contributed by atoms with Gasteiger partial charge in [0.25, 0.3) is 0 Å². The second-order valence-corrected chi connectivity index (χ2v) is 4.77. The molecule has 8 heteroatoms. The highest BCUT2D eigenvalue weighted by Crippen LogP contribution is 2.19. The summed E-state index contributed by atoms with van der Waals surface area (Å²) in [6.45, 7) is 0.0260. The summed E-state index contributed by atoms with van der Waals surface area (Å²) < 4.78 is 5.04. The van der Waals surface area contributed by atoms with Crippen LogP contribution in [0.3, 0.4) is 0 Å². The molecule has 0 saturated carbocycles. The number of anilines is 1. The van der Waals surface area contributed by atoms with Crippen LogP contribution in [-0.4, -0.2) is 23.0 Å². The summed E-state index contributed by atoms with van der Waals surface area (Å²) in [4.78, 5) is 33.7. The zero-order valence-corrected chi connectivity index (χ0v) is 11.5. The Kier molecular flexibility index (Phi) is 4.42. The van der Waals surface area contributed by atoms with Gasteiger partial charge in [0.15, 0.2) is 0 Å². The van der Waals surface area contributed by atoms with Crippen LogP contribution >= 0.6 is 0 Å². The zero-order valence-electron chi connectivity index (χ0n) is 11.5. The van der Waals surface area contributed by atoms with Gasteiger partial charge in [0.05, 0.1) is 12.5 Å². The van der Waals surface area contributed by atoms with Gasteiger partial charge in [-0.3, -0.25) is 9.59 Å². The van der Waals surface area contributed by atoms with E-state index in [1.165, 1.54) is 12.1 Å². The van der Waals surface area contributed by atoms with Gasteiger partial charge in [0, 0.05) is 29.8 Å². The van der Waals surface area contributed by atoms with Gasteiger partial charge in [0.2, 0.25) is 5.91 Å². The smallest absolute Gasteiger partial charge is 0.336 e. The third kappa shape index (κ3) is 3.61. The van der Waals surface area contributed by atoms with Crippen LogP contribution in [0, 0.1) is 0 Å². The van der Waals surface area contributed by atoms with Crippen LogP contribution in [0.15, 0.2) is 33.5 Å². The molecule has 0 bridgehead atoms. The van der Waals surface area contributed by atoms with Gasteiger partial charge >= 0.3 is 11.6 Å². The molecule has 0 aliphatic rings. The number of benzene rings is 1. The molecule has 0 radical (unpaired) electrons. The maximum Gasteiger partial charge on any atom is 0.336 e. The summed E-state index contributed by atoms with van der Waals surface area (Å²) in [5, 5.41) is 11.7. The van der Waals surface area contributed by atoms with Crippen LogP contribution in [0.25, 0.3) is 11.0 Å². The lowest BCUT2D eigenvalue weighted by Gasteiger charge is -2.11. The fraction of sp³-hybridized carbons (Fsp3) is 0.214. The molecule has 2 aromatic rings. The van der Waals surface area contributed by atoms with Crippen LogP contribution in [0.4, 0.5) is 5.69 Å². The predicted molar refractivity (Wildman–Crippen MR) is 79.0 cm³/mol. The maximum atomic E-state index is 11.7. The van der Waals surface area contributed by atoms with E-state index < -0.39 is 30.0 Å². The topological polar surface area (TPSA) is 149 Å². The SMILES string of the molecule is Nc1ccc2c(CNC(=O)[C@@H](N)CC(=O)O)cc(=O)oc2c1. The van der Waals surface area contributed by atoms with E-state index in [-0.39, 0.29) is 6.54 Å². The number of amides is 1. The molecule has 1 heterocycles. The Bertz CT molecular complexity index is 784. The normalized spacial score (nSPS) is 12.0. The third-order valence-corrected chi connectivity index (χ3v) is 3.04. The fourth-order valence-electron chi connectivity index (χ4n) is 1.99. The maximum absolute atomic E-state index is 11.7. The lowest BCUT2D eigenvalue weighted by molar-refractivity contribution is -0.139. The quantitative estimate of drug-likeness (QED) is 0.441. The highest BCUT2D eigenvalue weighted by atomic mass is 16.4. The van der Waals surface area contributed by atoms with Crippen molar-refractivity contribution in [3.8, 4) is 0 Å². The standard InChI is InChI=1S/C14H15N3O5/c15-8-1-2-9-7(3-13(20)22-11(9)4-8)6-17-14(21)10(16)5-12(18)19/h1-4,10H,5-6,15-16H2,(H,17,21)(H,18,19)/t10-/m0/s1. The first-order valence-electron chi connectivity index (χ1n) is 6.44. The summed E-state index contributed by atoms with van der Waals surface area (Å²) in [5.41, 5.74) is 11.8. The van der Waals surface area contributed by atoms with E-state index >= 15 is 0 Å². The minimum Gasteiger partial charge on any atom is -0.481 e. The number of hydrogen-bond donors (Lipinski definition) is 4. The molecule has 0 unspecified atom stereocenters. The van der Waals surface area contributed by atoms with Gasteiger partial charge < -0.3 is 26.3 Å². The van der Waals surface area contributed by atoms with Gasteiger partial charge in [0.1, 0.15) is 5.58 Å². The van der Waals surface area contributed by atoms with E-state index in [0.29, 0.717) is 22.2 Å². The average Bonchev–Trinajstić information content (AvgIpc) is 2.42. The zero-order chi connectivity index (χ0) is 16.3. The van der Waals surface area contributed by atoms with Gasteiger partial charge in [-0.15, -0.1) is 0 Å². The third-order valence-electron chi connectivity index (χ3n) is 3.04. The number of nitrogens with two attached hydrogens (primary N) is 2. The first-order valence-corrected chi connectivity index (χ1v) is 6.44. The summed E-state index contributed by atoms with van der Waals surface area (Å²) in [6.07, 6.45) is -0.472. The number of nitrogens with one attached hydrogen (secondary N) is 1. The number of hydrogen-bond acceptors (Lipinski definition) is 6. The Hall–Kier alpha value is -2.87. The molecule has 0 aliphatic carbocycles. The van der Waals surface area contributed by atoms with E-state index in [1.54, 1.807) is 12.1 Å². The number of nitrogen functional groups attached to an aromatic ring is 1. The minimum absolute atomic E-state index is 0.0260. The number of carboxylic acid groups (broad SMARTS) is 1. The number of carbonyl (C=O) groups excluding carboxylic acids is 1. The van der Waals surface area contributed by atoms with Crippen molar-refractivity contribution in [2.24, 2.45) is 5.73 Å². The van der Waals surface area contributed by atoms with Crippen LogP contribution in [0.1, 0.15) is 12.0 Å². The molecule has 116 valence electrons. The van der Waals surface area contributed by atoms with Gasteiger partial charge in [-0.05, 0) is 17.7 Å². The molecular weight excluding hydrogens is 290 g/mol. The van der Waals surface area contributed by atoms with Crippen LogP contribution in [0.5, 0.6) is 0 Å². The second kappa shape index (κ2) is 6.27. The number of carboxylic acids is 1. The highest BCUT2D eigenvalue weighted by molar-refractivity contribution is 5.87. The van der Waals surface area contributed by atoms with Gasteiger partial charge in [-0.25, -0.2) is 4.79 Å². The number of fused-ring (bicyclic) bond motifs is 1. The average molecular weight is 305 g/mol. The Balaban J connectivity index is 2.20. The van der Waals surface area contributed by atoms with Gasteiger partial charge in [-0.2, -0.15) is 0 Å². The lowest BCUT2D eigenvalue weighted by atomic mass is 10.1. The lowest BCUT2D eigenvalue weighted by Crippen LogP contribution is -2.41. The summed E-state index contributed by atoms with van der Waals surface area (Å²) in [6, 6.07) is 4.93. The monoisotopic (exact) mass is 305 g/mol. The molecule has 1 aromatic carbocycles. The fourth-order valence-corrected chi connectivity index (χ4v) is 1.99. The van der Waals surface area contributed by atoms with E-state index in [2.05, 4.69) is 5.32 Å². The summed E-state index contributed by atoms with van der Waals surface area (Å²) in [7, 11) is 0. The van der Waals surface area contributed by atoms with E-state index in [1.807, 2.05) is 0 Å². The molecule has 0 saturated heterocycles. The van der Waals surface area contributed by atoms with E-state index in [4.69, 9.17) is 21.0 Å². The Morgan fingerprint density at radius 1 is 1.32 bits per heavy atom. The summed E-state index contributed by atoms with van der Waals surface area (Å²) >= 11 is 0. The summed E-state index contributed by atoms with van der Waals surface area (Å²) in [5.74, 6) is -1.77. The Labute approximate surface area is 124 Å². The molecular formula is C14H15N3O5.